The van der Waals surface area contributed by atoms with Crippen LogP contribution in [-0.4, -0.2) is 42.3 Å². The van der Waals surface area contributed by atoms with Gasteiger partial charge in [0.25, 0.3) is 0 Å². The minimum absolute atomic E-state index is 0.0289. The van der Waals surface area contributed by atoms with Crippen molar-refractivity contribution in [2.24, 2.45) is 0 Å². The first-order chi connectivity index (χ1) is 12.6. The Balaban J connectivity index is 1.96. The van der Waals surface area contributed by atoms with Crippen LogP contribution >= 0.6 is 0 Å². The van der Waals surface area contributed by atoms with Crippen molar-refractivity contribution in [1.82, 2.24) is 24.5 Å². The summed E-state index contributed by atoms with van der Waals surface area (Å²) in [6, 6.07) is 4.05. The van der Waals surface area contributed by atoms with Crippen LogP contribution in [0.15, 0.2) is 30.9 Å². The number of imidazole rings is 1. The SMILES string of the molecule is CC[C@@H](CO)Nc1nc(NCc2ccncc2)c2ncn(C(C)C)c2n1. The van der Waals surface area contributed by atoms with Gasteiger partial charge in [0.1, 0.15) is 0 Å². The van der Waals surface area contributed by atoms with Crippen molar-refractivity contribution in [3.05, 3.63) is 36.4 Å². The number of aliphatic hydroxyl groups excluding tert-OH is 1. The molecule has 0 radical (unpaired) electrons. The molecule has 3 aromatic rings. The highest BCUT2D eigenvalue weighted by atomic mass is 16.3. The lowest BCUT2D eigenvalue weighted by Gasteiger charge is -2.16. The highest BCUT2D eigenvalue weighted by Crippen LogP contribution is 2.24. The molecule has 0 spiro atoms. The zero-order chi connectivity index (χ0) is 18.5. The third kappa shape index (κ3) is 3.91. The standard InChI is InChI=1S/C18H25N7O/c1-4-14(10-26)22-18-23-16(20-9-13-5-7-19-8-6-13)15-17(24-18)25(11-21-15)12(2)3/h5-8,11-12,14,26H,4,9-10H2,1-3H3,(H2,20,22,23,24)/t14-/m0/s1. The first kappa shape index (κ1) is 18.1. The largest absolute Gasteiger partial charge is 0.394 e. The molecule has 1 atom stereocenters. The van der Waals surface area contributed by atoms with Crippen LogP contribution in [0.3, 0.4) is 0 Å². The minimum atomic E-state index is -0.0871. The van der Waals surface area contributed by atoms with Crippen molar-refractivity contribution in [3.8, 4) is 0 Å². The minimum Gasteiger partial charge on any atom is -0.394 e. The molecule has 0 fully saturated rings. The fourth-order valence-corrected chi connectivity index (χ4v) is 2.63. The lowest BCUT2D eigenvalue weighted by molar-refractivity contribution is 0.271. The summed E-state index contributed by atoms with van der Waals surface area (Å²) in [5.41, 5.74) is 2.60. The van der Waals surface area contributed by atoms with Crippen LogP contribution in [0, 0.1) is 0 Å². The number of nitrogens with zero attached hydrogens (tertiary/aromatic N) is 5. The van der Waals surface area contributed by atoms with Crippen LogP contribution in [-0.2, 0) is 6.54 Å². The molecule has 0 aliphatic heterocycles. The van der Waals surface area contributed by atoms with Gasteiger partial charge in [0.15, 0.2) is 17.0 Å². The molecule has 3 N–H and O–H groups in total. The monoisotopic (exact) mass is 355 g/mol. The summed E-state index contributed by atoms with van der Waals surface area (Å²) < 4.78 is 2.01. The Labute approximate surface area is 152 Å². The van der Waals surface area contributed by atoms with Gasteiger partial charge in [0, 0.05) is 25.0 Å². The molecule has 0 amide bonds. The molecular formula is C18H25N7O. The third-order valence-electron chi connectivity index (χ3n) is 4.23. The quantitative estimate of drug-likeness (QED) is 0.571. The molecule has 26 heavy (non-hydrogen) atoms. The average molecular weight is 355 g/mol. The summed E-state index contributed by atoms with van der Waals surface area (Å²) in [5.74, 6) is 1.15. The Hall–Kier alpha value is -2.74. The van der Waals surface area contributed by atoms with Gasteiger partial charge in [0.2, 0.25) is 5.95 Å². The Morgan fingerprint density at radius 3 is 2.62 bits per heavy atom. The number of anilines is 2. The van der Waals surface area contributed by atoms with E-state index in [4.69, 9.17) is 0 Å². The second-order valence-electron chi connectivity index (χ2n) is 6.45. The second-order valence-corrected chi connectivity index (χ2v) is 6.45. The Morgan fingerprint density at radius 2 is 1.96 bits per heavy atom. The predicted molar refractivity (Wildman–Crippen MR) is 102 cm³/mol. The van der Waals surface area contributed by atoms with Crippen LogP contribution in [0.5, 0.6) is 0 Å². The van der Waals surface area contributed by atoms with Crippen LogP contribution in [0.1, 0.15) is 38.8 Å². The molecule has 3 heterocycles. The zero-order valence-electron chi connectivity index (χ0n) is 15.3. The normalized spacial score (nSPS) is 12.5. The number of rotatable bonds is 8. The fraction of sp³-hybridized carbons (Fsp3) is 0.444. The number of aromatic nitrogens is 5. The lowest BCUT2D eigenvalue weighted by Crippen LogP contribution is -2.24. The molecule has 3 rings (SSSR count). The van der Waals surface area contributed by atoms with Crippen molar-refractivity contribution in [2.75, 3.05) is 17.2 Å². The van der Waals surface area contributed by atoms with E-state index in [1.54, 1.807) is 18.7 Å². The van der Waals surface area contributed by atoms with E-state index < -0.39 is 0 Å². The molecule has 3 aromatic heterocycles. The number of hydrogen-bond acceptors (Lipinski definition) is 7. The van der Waals surface area contributed by atoms with E-state index in [0.717, 1.165) is 23.1 Å². The van der Waals surface area contributed by atoms with Crippen molar-refractivity contribution in [3.63, 3.8) is 0 Å². The van der Waals surface area contributed by atoms with Crippen LogP contribution in [0.25, 0.3) is 11.2 Å². The van der Waals surface area contributed by atoms with Gasteiger partial charge in [-0.2, -0.15) is 9.97 Å². The summed E-state index contributed by atoms with van der Waals surface area (Å²) in [5, 5.41) is 16.0. The zero-order valence-corrected chi connectivity index (χ0v) is 15.3. The Kier molecular flexibility index (Phi) is 5.62. The first-order valence-electron chi connectivity index (χ1n) is 8.87. The summed E-state index contributed by atoms with van der Waals surface area (Å²) >= 11 is 0. The number of nitrogens with one attached hydrogen (secondary N) is 2. The van der Waals surface area contributed by atoms with E-state index in [1.807, 2.05) is 23.6 Å². The van der Waals surface area contributed by atoms with E-state index in [-0.39, 0.29) is 18.7 Å². The topological polar surface area (TPSA) is 101 Å². The Bertz CT molecular complexity index is 843. The molecule has 0 unspecified atom stereocenters. The van der Waals surface area contributed by atoms with Crippen molar-refractivity contribution in [2.45, 2.75) is 45.8 Å². The van der Waals surface area contributed by atoms with Gasteiger partial charge >= 0.3 is 0 Å². The summed E-state index contributed by atoms with van der Waals surface area (Å²) in [7, 11) is 0. The van der Waals surface area contributed by atoms with Gasteiger partial charge in [-0.25, -0.2) is 4.98 Å². The highest BCUT2D eigenvalue weighted by molar-refractivity contribution is 5.84. The Morgan fingerprint density at radius 1 is 1.19 bits per heavy atom. The number of pyridine rings is 1. The van der Waals surface area contributed by atoms with Gasteiger partial charge < -0.3 is 20.3 Å². The fourth-order valence-electron chi connectivity index (χ4n) is 2.63. The molecule has 0 aliphatic carbocycles. The predicted octanol–water partition coefficient (Wildman–Crippen LogP) is 2.60. The molecule has 0 bridgehead atoms. The summed E-state index contributed by atoms with van der Waals surface area (Å²) in [4.78, 5) is 17.7. The molecule has 0 saturated carbocycles. The van der Waals surface area contributed by atoms with Gasteiger partial charge in [-0.3, -0.25) is 4.98 Å². The molecule has 0 saturated heterocycles. The molecule has 0 aliphatic rings. The van der Waals surface area contributed by atoms with E-state index in [1.165, 1.54) is 0 Å². The van der Waals surface area contributed by atoms with Gasteiger partial charge in [-0.05, 0) is 38.0 Å². The van der Waals surface area contributed by atoms with Crippen molar-refractivity contribution in [1.29, 1.82) is 0 Å². The van der Waals surface area contributed by atoms with E-state index in [2.05, 4.69) is 44.4 Å². The highest BCUT2D eigenvalue weighted by Gasteiger charge is 2.16. The number of hydrogen-bond donors (Lipinski definition) is 3. The van der Waals surface area contributed by atoms with Crippen molar-refractivity contribution >= 4 is 22.9 Å². The summed E-state index contributed by atoms with van der Waals surface area (Å²) in [6.07, 6.45) is 6.09. The second kappa shape index (κ2) is 8.09. The molecule has 8 heteroatoms. The third-order valence-corrected chi connectivity index (χ3v) is 4.23. The number of aliphatic hydroxyl groups is 1. The van der Waals surface area contributed by atoms with Gasteiger partial charge in [-0.15, -0.1) is 0 Å². The van der Waals surface area contributed by atoms with Crippen molar-refractivity contribution < 1.29 is 5.11 Å². The van der Waals surface area contributed by atoms with Gasteiger partial charge in [0.05, 0.1) is 19.0 Å². The average Bonchev–Trinajstić information content (AvgIpc) is 3.09. The lowest BCUT2D eigenvalue weighted by atomic mass is 10.2. The maximum atomic E-state index is 9.47. The summed E-state index contributed by atoms with van der Waals surface area (Å²) in [6.45, 7) is 6.82. The molecule has 138 valence electrons. The van der Waals surface area contributed by atoms with Crippen LogP contribution in [0.4, 0.5) is 11.8 Å². The molecular weight excluding hydrogens is 330 g/mol. The number of fused-ring (bicyclic) bond motifs is 1. The van der Waals surface area contributed by atoms with E-state index in [9.17, 15) is 5.11 Å². The smallest absolute Gasteiger partial charge is 0.227 e. The van der Waals surface area contributed by atoms with Gasteiger partial charge in [-0.1, -0.05) is 6.92 Å². The van der Waals surface area contributed by atoms with Crippen LogP contribution in [0.2, 0.25) is 0 Å². The first-order valence-corrected chi connectivity index (χ1v) is 8.87. The molecule has 8 nitrogen and oxygen atoms in total. The maximum Gasteiger partial charge on any atom is 0.227 e. The van der Waals surface area contributed by atoms with E-state index in [0.29, 0.717) is 18.3 Å². The molecule has 0 aromatic carbocycles. The van der Waals surface area contributed by atoms with Crippen LogP contribution < -0.4 is 10.6 Å². The maximum absolute atomic E-state index is 9.47. The van der Waals surface area contributed by atoms with E-state index >= 15 is 0 Å².